The van der Waals surface area contributed by atoms with Gasteiger partial charge in [0.15, 0.2) is 10.8 Å². The Hall–Kier alpha value is -4.37. The van der Waals surface area contributed by atoms with Gasteiger partial charge in [0.2, 0.25) is 5.91 Å². The maximum absolute atomic E-state index is 13.1. The zero-order chi connectivity index (χ0) is 28.6. The van der Waals surface area contributed by atoms with Crippen LogP contribution in [0.4, 0.5) is 5.13 Å². The molecular weight excluding hydrogens is 560 g/mol. The number of nitrogens with two attached hydrogens (primary N) is 1. The number of thioether (sulfide) groups is 1. The number of thiazole rings is 1. The quantitative estimate of drug-likeness (QED) is 0.115. The van der Waals surface area contributed by atoms with Gasteiger partial charge in [-0.25, -0.2) is 9.78 Å². The Morgan fingerprint density at radius 3 is 2.67 bits per heavy atom. The number of nitrogens with zero attached hydrogens (tertiary/aromatic N) is 4. The summed E-state index contributed by atoms with van der Waals surface area (Å²) in [7, 11) is 1.58. The Bertz CT molecular complexity index is 1480. The van der Waals surface area contributed by atoms with Gasteiger partial charge in [0, 0.05) is 29.8 Å². The largest absolute Gasteiger partial charge is 0.497 e. The summed E-state index contributed by atoms with van der Waals surface area (Å²) in [5, 5.41) is 25.7. The van der Waals surface area contributed by atoms with Crippen LogP contribution in [0.15, 0.2) is 57.7 Å². The SMILES string of the molecule is COc1ccc(CN2CCC(=CC3=C(C(=O)O)N4C(=O)[C@@H](NC(=O)C(=NO)c5csc(N)n5)[C@H]4SC3)C2=O)cc1. The lowest BCUT2D eigenvalue weighted by atomic mass is 10.0. The minimum absolute atomic E-state index is 0.0460. The highest BCUT2D eigenvalue weighted by molar-refractivity contribution is 8.00. The van der Waals surface area contributed by atoms with Crippen LogP contribution in [0.2, 0.25) is 0 Å². The van der Waals surface area contributed by atoms with E-state index in [1.54, 1.807) is 18.1 Å². The van der Waals surface area contributed by atoms with Crippen LogP contribution < -0.4 is 15.8 Å². The lowest BCUT2D eigenvalue weighted by Gasteiger charge is -2.49. The zero-order valence-corrected chi connectivity index (χ0v) is 22.7. The number of likely N-dealkylation sites (tertiary alicyclic amines) is 1. The molecule has 5 N–H and O–H groups in total. The number of carboxylic acid groups (broad SMARTS) is 1. The third-order valence-corrected chi connectivity index (χ3v) is 8.64. The number of hydrogen-bond donors (Lipinski definition) is 4. The molecule has 2 saturated heterocycles. The summed E-state index contributed by atoms with van der Waals surface area (Å²) in [6.45, 7) is 0.888. The molecule has 208 valence electrons. The van der Waals surface area contributed by atoms with E-state index in [-0.39, 0.29) is 28.2 Å². The number of allylic oxidation sites excluding steroid dienone is 1. The molecule has 3 aliphatic heterocycles. The van der Waals surface area contributed by atoms with E-state index in [0.717, 1.165) is 21.8 Å². The second-order valence-electron chi connectivity index (χ2n) is 9.05. The van der Waals surface area contributed by atoms with E-state index in [0.29, 0.717) is 36.4 Å². The summed E-state index contributed by atoms with van der Waals surface area (Å²) >= 11 is 2.31. The molecule has 4 heterocycles. The number of anilines is 1. The normalized spacial score (nSPS) is 21.9. The summed E-state index contributed by atoms with van der Waals surface area (Å²) < 4.78 is 5.17. The molecule has 2 atom stereocenters. The number of oxime groups is 1. The Morgan fingerprint density at radius 1 is 1.30 bits per heavy atom. The van der Waals surface area contributed by atoms with E-state index < -0.39 is 34.9 Å². The number of carboxylic acids is 1. The third-order valence-electron chi connectivity index (χ3n) is 6.66. The number of nitrogens with one attached hydrogen (secondary N) is 1. The fourth-order valence-corrected chi connectivity index (χ4v) is 6.54. The van der Waals surface area contributed by atoms with Crippen LogP contribution >= 0.6 is 23.1 Å². The van der Waals surface area contributed by atoms with Gasteiger partial charge >= 0.3 is 5.97 Å². The standard InChI is InChI=1S/C25H24N6O7S2/c1-38-15-4-2-12(3-5-15)9-30-7-6-13(21(30)33)8-14-10-39-23-18(22(34)31(23)19(14)24(35)36)28-20(32)17(29-37)16-11-40-25(26)27-16/h2-5,8,11,18,23,37H,6-7,9-10H2,1H3,(H2,26,27)(H,28,32)(H,35,36)/t18-,23-/m1/s1. The molecule has 40 heavy (non-hydrogen) atoms. The second-order valence-corrected chi connectivity index (χ2v) is 11.0. The lowest BCUT2D eigenvalue weighted by Crippen LogP contribution is -2.71. The summed E-state index contributed by atoms with van der Waals surface area (Å²) in [4.78, 5) is 57.7. The van der Waals surface area contributed by atoms with Gasteiger partial charge in [0.05, 0.1) is 7.11 Å². The van der Waals surface area contributed by atoms with Gasteiger partial charge in [0.1, 0.15) is 28.6 Å². The van der Waals surface area contributed by atoms with Crippen LogP contribution in [-0.2, 0) is 25.7 Å². The van der Waals surface area contributed by atoms with Crippen molar-refractivity contribution in [3.63, 3.8) is 0 Å². The van der Waals surface area contributed by atoms with Crippen LogP contribution in [0.3, 0.4) is 0 Å². The average Bonchev–Trinajstić information content (AvgIpc) is 3.52. The number of aromatic nitrogens is 1. The molecule has 2 fully saturated rings. The predicted octanol–water partition coefficient (Wildman–Crippen LogP) is 1.01. The summed E-state index contributed by atoms with van der Waals surface area (Å²) in [6.07, 6.45) is 2.00. The maximum atomic E-state index is 13.1. The average molecular weight is 585 g/mol. The van der Waals surface area contributed by atoms with Crippen LogP contribution in [0.25, 0.3) is 0 Å². The van der Waals surface area contributed by atoms with Gasteiger partial charge in [-0.15, -0.1) is 23.1 Å². The van der Waals surface area contributed by atoms with Crippen molar-refractivity contribution < 1.29 is 34.2 Å². The number of nitrogen functional groups attached to an aromatic ring is 1. The van der Waals surface area contributed by atoms with Crippen molar-refractivity contribution in [3.8, 4) is 5.75 Å². The van der Waals surface area contributed by atoms with Crippen LogP contribution in [-0.4, -0.2) is 85.3 Å². The molecule has 1 aromatic carbocycles. The summed E-state index contributed by atoms with van der Waals surface area (Å²) in [5.41, 5.74) is 6.72. The highest BCUT2D eigenvalue weighted by Crippen LogP contribution is 2.41. The first-order chi connectivity index (χ1) is 19.2. The molecule has 13 nitrogen and oxygen atoms in total. The molecule has 15 heteroatoms. The molecule has 5 rings (SSSR count). The van der Waals surface area contributed by atoms with E-state index in [1.807, 2.05) is 24.3 Å². The minimum Gasteiger partial charge on any atom is -0.497 e. The van der Waals surface area contributed by atoms with Crippen molar-refractivity contribution in [3.05, 3.63) is 63.8 Å². The van der Waals surface area contributed by atoms with Gasteiger partial charge in [-0.3, -0.25) is 19.3 Å². The number of β-lactam (4-membered cyclic amide) rings is 1. The number of carbonyl (C=O) groups is 4. The van der Waals surface area contributed by atoms with Crippen LogP contribution in [0, 0.1) is 0 Å². The van der Waals surface area contributed by atoms with Crippen molar-refractivity contribution in [2.75, 3.05) is 25.1 Å². The monoisotopic (exact) mass is 584 g/mol. The smallest absolute Gasteiger partial charge is 0.352 e. The van der Waals surface area contributed by atoms with Crippen molar-refractivity contribution >= 4 is 57.6 Å². The number of aliphatic carboxylic acids is 1. The maximum Gasteiger partial charge on any atom is 0.352 e. The fourth-order valence-electron chi connectivity index (χ4n) is 4.69. The number of benzene rings is 1. The van der Waals surface area contributed by atoms with E-state index in [1.165, 1.54) is 17.1 Å². The van der Waals surface area contributed by atoms with Crippen molar-refractivity contribution in [1.82, 2.24) is 20.1 Å². The molecule has 0 spiro atoms. The minimum atomic E-state index is -1.31. The summed E-state index contributed by atoms with van der Waals surface area (Å²) in [6, 6.07) is 6.35. The van der Waals surface area contributed by atoms with Gasteiger partial charge in [-0.1, -0.05) is 17.3 Å². The van der Waals surface area contributed by atoms with Gasteiger partial charge in [-0.05, 0) is 35.8 Å². The van der Waals surface area contributed by atoms with Crippen molar-refractivity contribution in [2.45, 2.75) is 24.4 Å². The Kier molecular flexibility index (Phi) is 7.49. The molecular formula is C25H24N6O7S2. The van der Waals surface area contributed by atoms with Gasteiger partial charge < -0.3 is 31.0 Å². The molecule has 0 radical (unpaired) electrons. The van der Waals surface area contributed by atoms with Gasteiger partial charge in [-0.2, -0.15) is 0 Å². The number of fused-ring (bicyclic) bond motifs is 1. The Morgan fingerprint density at radius 2 is 2.05 bits per heavy atom. The van der Waals surface area contributed by atoms with E-state index >= 15 is 0 Å². The molecule has 1 aromatic heterocycles. The Labute approximate surface area is 236 Å². The predicted molar refractivity (Wildman–Crippen MR) is 146 cm³/mol. The number of amides is 3. The second kappa shape index (κ2) is 11.0. The molecule has 3 amide bonds. The zero-order valence-electron chi connectivity index (χ0n) is 21.1. The number of methoxy groups -OCH3 is 1. The van der Waals surface area contributed by atoms with Crippen LogP contribution in [0.5, 0.6) is 5.75 Å². The molecule has 0 bridgehead atoms. The molecule has 3 aliphatic rings. The first kappa shape index (κ1) is 27.2. The molecule has 0 unspecified atom stereocenters. The number of rotatable bonds is 8. The number of carbonyl (C=O) groups excluding carboxylic acids is 3. The highest BCUT2D eigenvalue weighted by atomic mass is 32.2. The molecule has 0 aliphatic carbocycles. The van der Waals surface area contributed by atoms with E-state index in [9.17, 15) is 29.5 Å². The lowest BCUT2D eigenvalue weighted by molar-refractivity contribution is -0.150. The number of hydrogen-bond acceptors (Lipinski definition) is 11. The van der Waals surface area contributed by atoms with Crippen molar-refractivity contribution in [1.29, 1.82) is 0 Å². The first-order valence-corrected chi connectivity index (χ1v) is 13.9. The van der Waals surface area contributed by atoms with Crippen LogP contribution in [0.1, 0.15) is 17.7 Å². The fraction of sp³-hybridized carbons (Fsp3) is 0.280. The highest BCUT2D eigenvalue weighted by Gasteiger charge is 2.54. The third kappa shape index (κ3) is 5.00. The number of ether oxygens (including phenoxy) is 1. The topological polar surface area (TPSA) is 188 Å². The van der Waals surface area contributed by atoms with E-state index in [4.69, 9.17) is 10.5 Å². The van der Waals surface area contributed by atoms with E-state index in [2.05, 4.69) is 15.5 Å². The first-order valence-electron chi connectivity index (χ1n) is 12.0. The summed E-state index contributed by atoms with van der Waals surface area (Å²) in [5.74, 6) is -2.07. The van der Waals surface area contributed by atoms with Gasteiger partial charge in [0.25, 0.3) is 11.8 Å². The Balaban J connectivity index is 1.30. The molecule has 2 aromatic rings. The molecule has 0 saturated carbocycles. The van der Waals surface area contributed by atoms with Crippen molar-refractivity contribution in [2.24, 2.45) is 5.16 Å².